The van der Waals surface area contributed by atoms with Gasteiger partial charge in [0.05, 0.1) is 17.8 Å². The Morgan fingerprint density at radius 1 is 1.10 bits per heavy atom. The van der Waals surface area contributed by atoms with E-state index in [1.165, 1.54) is 0 Å². The highest BCUT2D eigenvalue weighted by atomic mass is 16.4. The van der Waals surface area contributed by atoms with E-state index in [4.69, 9.17) is 0 Å². The van der Waals surface area contributed by atoms with E-state index in [0.717, 1.165) is 23.2 Å². The summed E-state index contributed by atoms with van der Waals surface area (Å²) in [7, 11) is 0. The predicted molar refractivity (Wildman–Crippen MR) is 121 cm³/mol. The number of carbonyl (C=O) groups is 1. The fraction of sp³-hybridized carbons (Fsp3) is 0.280. The maximum atomic E-state index is 12.9. The van der Waals surface area contributed by atoms with Crippen LogP contribution >= 0.6 is 0 Å². The third-order valence-electron chi connectivity index (χ3n) is 4.93. The van der Waals surface area contributed by atoms with Gasteiger partial charge in [-0.3, -0.25) is 9.13 Å². The molecule has 0 atom stereocenters. The number of nitrogens with zero attached hydrogens (tertiary/aromatic N) is 2. The summed E-state index contributed by atoms with van der Waals surface area (Å²) >= 11 is 0. The van der Waals surface area contributed by atoms with Gasteiger partial charge in [-0.2, -0.15) is 0 Å². The van der Waals surface area contributed by atoms with Gasteiger partial charge in [-0.05, 0) is 41.2 Å². The van der Waals surface area contributed by atoms with E-state index >= 15 is 0 Å². The summed E-state index contributed by atoms with van der Waals surface area (Å²) in [6.07, 6.45) is 6.87. The number of benzene rings is 2. The quantitative estimate of drug-likeness (QED) is 0.565. The molecule has 5 heteroatoms. The van der Waals surface area contributed by atoms with Crippen LogP contribution in [0.1, 0.15) is 48.8 Å². The third-order valence-corrected chi connectivity index (χ3v) is 4.93. The summed E-state index contributed by atoms with van der Waals surface area (Å²) in [6.45, 7) is 7.41. The van der Waals surface area contributed by atoms with Gasteiger partial charge in [0, 0.05) is 12.7 Å². The molecule has 30 heavy (non-hydrogen) atoms. The summed E-state index contributed by atoms with van der Waals surface area (Å²) in [6, 6.07) is 14.7. The molecule has 0 spiro atoms. The van der Waals surface area contributed by atoms with Crippen LogP contribution in [-0.2, 0) is 13.1 Å². The lowest BCUT2D eigenvalue weighted by atomic mass is 9.99. The lowest BCUT2D eigenvalue weighted by Crippen LogP contribution is -2.26. The Labute approximate surface area is 176 Å². The number of carboxylic acid groups (broad SMARTS) is 1. The second-order valence-corrected chi connectivity index (χ2v) is 7.83. The monoisotopic (exact) mass is 404 g/mol. The van der Waals surface area contributed by atoms with E-state index in [-0.39, 0.29) is 11.3 Å². The molecule has 0 bridgehead atoms. The van der Waals surface area contributed by atoms with Gasteiger partial charge in [-0.1, -0.05) is 69.3 Å². The number of allylic oxidation sites excluding steroid dienone is 1. The molecule has 5 nitrogen and oxygen atoms in total. The molecule has 1 aromatic heterocycles. The van der Waals surface area contributed by atoms with Gasteiger partial charge in [0.25, 0.3) is 0 Å². The maximum absolute atomic E-state index is 12.9. The van der Waals surface area contributed by atoms with Gasteiger partial charge < -0.3 is 5.11 Å². The summed E-state index contributed by atoms with van der Waals surface area (Å²) < 4.78 is 3.56. The molecule has 0 amide bonds. The first-order valence-electron chi connectivity index (χ1n) is 10.3. The fourth-order valence-corrected chi connectivity index (χ4v) is 3.50. The highest BCUT2D eigenvalue weighted by Gasteiger charge is 2.13. The van der Waals surface area contributed by atoms with Crippen LogP contribution in [0.15, 0.2) is 65.6 Å². The summed E-state index contributed by atoms with van der Waals surface area (Å²) in [4.78, 5) is 24.4. The number of imidazole rings is 1. The molecule has 1 heterocycles. The Bertz CT molecular complexity index is 1100. The van der Waals surface area contributed by atoms with Crippen molar-refractivity contribution in [1.82, 2.24) is 9.13 Å². The number of aromatic carboxylic acids is 1. The minimum atomic E-state index is -0.944. The number of carboxylic acids is 1. The Morgan fingerprint density at radius 2 is 1.80 bits per heavy atom. The standard InChI is InChI=1S/C25H28N2O3/c1-4-5-8-21-17-26(15-18(2)3)25(30)27(21)16-19-11-13-20(14-12-19)22-9-6-7-10-23(22)24(28)29/h5-14,17-18H,4,15-16H2,1-3H3,(H,28,29)/b8-5+. The topological polar surface area (TPSA) is 64.2 Å². The van der Waals surface area contributed by atoms with Gasteiger partial charge in [-0.25, -0.2) is 9.59 Å². The molecule has 2 aromatic carbocycles. The van der Waals surface area contributed by atoms with Gasteiger partial charge in [0.1, 0.15) is 0 Å². The fourth-order valence-electron chi connectivity index (χ4n) is 3.50. The van der Waals surface area contributed by atoms with Crippen LogP contribution in [0.3, 0.4) is 0 Å². The Hall–Kier alpha value is -3.34. The minimum absolute atomic E-state index is 0.0141. The van der Waals surface area contributed by atoms with Crippen molar-refractivity contribution in [3.8, 4) is 11.1 Å². The molecule has 3 rings (SSSR count). The molecule has 1 N–H and O–H groups in total. The van der Waals surface area contributed by atoms with Gasteiger partial charge >= 0.3 is 11.7 Å². The molecule has 0 radical (unpaired) electrons. The first kappa shape index (κ1) is 21.4. The molecule has 3 aromatic rings. The normalized spacial score (nSPS) is 11.5. The van der Waals surface area contributed by atoms with Crippen LogP contribution in [0.25, 0.3) is 17.2 Å². The van der Waals surface area contributed by atoms with Gasteiger partial charge in [-0.15, -0.1) is 0 Å². The molecular weight excluding hydrogens is 376 g/mol. The molecule has 0 saturated carbocycles. The van der Waals surface area contributed by atoms with Crippen LogP contribution in [0.4, 0.5) is 0 Å². The molecule has 0 saturated heterocycles. The highest BCUT2D eigenvalue weighted by Crippen LogP contribution is 2.24. The minimum Gasteiger partial charge on any atom is -0.478 e. The average molecular weight is 405 g/mol. The first-order valence-corrected chi connectivity index (χ1v) is 10.3. The van der Waals surface area contributed by atoms with Gasteiger partial charge in [0.2, 0.25) is 0 Å². The molecule has 0 fully saturated rings. The molecular formula is C25H28N2O3. The van der Waals surface area contributed by atoms with E-state index < -0.39 is 5.97 Å². The number of aromatic nitrogens is 2. The van der Waals surface area contributed by atoms with Crippen LogP contribution < -0.4 is 5.69 Å². The summed E-state index contributed by atoms with van der Waals surface area (Å²) in [5.74, 6) is -0.560. The number of hydrogen-bond acceptors (Lipinski definition) is 2. The Balaban J connectivity index is 1.92. The average Bonchev–Trinajstić information content (AvgIpc) is 3.01. The van der Waals surface area contributed by atoms with Crippen LogP contribution in [-0.4, -0.2) is 20.2 Å². The maximum Gasteiger partial charge on any atom is 0.336 e. The lowest BCUT2D eigenvalue weighted by molar-refractivity contribution is 0.0697. The number of rotatable bonds is 8. The third kappa shape index (κ3) is 4.79. The van der Waals surface area contributed by atoms with Crippen molar-refractivity contribution < 1.29 is 9.90 Å². The van der Waals surface area contributed by atoms with Crippen molar-refractivity contribution in [3.63, 3.8) is 0 Å². The zero-order valence-electron chi connectivity index (χ0n) is 17.7. The van der Waals surface area contributed by atoms with Crippen molar-refractivity contribution in [3.05, 3.63) is 88.1 Å². The van der Waals surface area contributed by atoms with Crippen molar-refractivity contribution in [2.24, 2.45) is 5.92 Å². The highest BCUT2D eigenvalue weighted by molar-refractivity contribution is 5.95. The van der Waals surface area contributed by atoms with Crippen LogP contribution in [0.5, 0.6) is 0 Å². The Kier molecular flexibility index (Phi) is 6.72. The Morgan fingerprint density at radius 3 is 2.43 bits per heavy atom. The van der Waals surface area contributed by atoms with Crippen LogP contribution in [0.2, 0.25) is 0 Å². The second-order valence-electron chi connectivity index (χ2n) is 7.83. The zero-order chi connectivity index (χ0) is 21.7. The van der Waals surface area contributed by atoms with Crippen LogP contribution in [0, 0.1) is 5.92 Å². The van der Waals surface area contributed by atoms with Crippen molar-refractivity contribution in [1.29, 1.82) is 0 Å². The van der Waals surface area contributed by atoms with E-state index in [1.807, 2.05) is 48.7 Å². The predicted octanol–water partition coefficient (Wildman–Crippen LogP) is 5.14. The van der Waals surface area contributed by atoms with Crippen molar-refractivity contribution in [2.45, 2.75) is 40.3 Å². The SMILES string of the molecule is CC/C=C/c1cn(CC(C)C)c(=O)n1Cc1ccc(-c2ccccc2C(=O)O)cc1. The second kappa shape index (κ2) is 9.44. The largest absolute Gasteiger partial charge is 0.478 e. The van der Waals surface area contributed by atoms with E-state index in [1.54, 1.807) is 21.3 Å². The summed E-state index contributed by atoms with van der Waals surface area (Å²) in [5, 5.41) is 9.43. The summed E-state index contributed by atoms with van der Waals surface area (Å²) in [5.41, 5.74) is 3.67. The smallest absolute Gasteiger partial charge is 0.336 e. The van der Waals surface area contributed by atoms with E-state index in [0.29, 0.717) is 24.6 Å². The van der Waals surface area contributed by atoms with E-state index in [9.17, 15) is 14.7 Å². The molecule has 0 aliphatic carbocycles. The van der Waals surface area contributed by atoms with Crippen molar-refractivity contribution in [2.75, 3.05) is 0 Å². The lowest BCUT2D eigenvalue weighted by Gasteiger charge is -2.09. The number of hydrogen-bond donors (Lipinski definition) is 1. The van der Waals surface area contributed by atoms with Crippen molar-refractivity contribution >= 4 is 12.0 Å². The molecule has 0 unspecified atom stereocenters. The van der Waals surface area contributed by atoms with Gasteiger partial charge in [0.15, 0.2) is 0 Å². The first-order chi connectivity index (χ1) is 14.4. The van der Waals surface area contributed by atoms with E-state index in [2.05, 4.69) is 26.8 Å². The zero-order valence-corrected chi connectivity index (χ0v) is 17.7. The molecule has 156 valence electrons. The molecule has 0 aliphatic heterocycles. The molecule has 0 aliphatic rings.